The van der Waals surface area contributed by atoms with Gasteiger partial charge in [0.2, 0.25) is 0 Å². The van der Waals surface area contributed by atoms with E-state index in [9.17, 15) is 4.79 Å². The van der Waals surface area contributed by atoms with Crippen molar-refractivity contribution in [1.82, 2.24) is 14.9 Å². The molecule has 0 atom stereocenters. The molecule has 1 aromatic carbocycles. The molecule has 0 unspecified atom stereocenters. The van der Waals surface area contributed by atoms with E-state index in [0.717, 1.165) is 31.7 Å². The van der Waals surface area contributed by atoms with Crippen LogP contribution in [0.15, 0.2) is 36.8 Å². The smallest absolute Gasteiger partial charge is 0.324 e. The topological polar surface area (TPSA) is 105 Å². The number of carbonyl (C=O) groups is 1. The fourth-order valence-corrected chi connectivity index (χ4v) is 2.79. The van der Waals surface area contributed by atoms with E-state index in [1.54, 1.807) is 6.20 Å². The van der Waals surface area contributed by atoms with E-state index in [-0.39, 0.29) is 0 Å². The average Bonchev–Trinajstić information content (AvgIpc) is 2.59. The van der Waals surface area contributed by atoms with Crippen LogP contribution >= 0.6 is 0 Å². The number of nitrogens with two attached hydrogens (primary N) is 1. The largest absolute Gasteiger partial charge is 0.490 e. The van der Waals surface area contributed by atoms with Gasteiger partial charge in [0.05, 0.1) is 11.9 Å². The first-order valence-electron chi connectivity index (χ1n) is 8.64. The van der Waals surface area contributed by atoms with E-state index in [0.29, 0.717) is 29.8 Å². The summed E-state index contributed by atoms with van der Waals surface area (Å²) in [5.41, 5.74) is 7.29. The molecule has 0 radical (unpaired) electrons. The Labute approximate surface area is 152 Å². The number of rotatable bonds is 7. The van der Waals surface area contributed by atoms with Crippen LogP contribution in [0.3, 0.4) is 0 Å². The SMILES string of the molecule is Cc1ccc(OCCN2CC(CN)C2)c(NC(=O)Nc2cnccn2)c1. The Kier molecular flexibility index (Phi) is 5.98. The normalized spacial score (nSPS) is 14.5. The highest BCUT2D eigenvalue weighted by atomic mass is 16.5. The molecule has 3 rings (SSSR count). The minimum Gasteiger partial charge on any atom is -0.490 e. The number of aryl methyl sites for hydroxylation is 1. The maximum absolute atomic E-state index is 12.2. The minimum atomic E-state index is -0.394. The summed E-state index contributed by atoms with van der Waals surface area (Å²) >= 11 is 0. The molecule has 1 aliphatic heterocycles. The molecule has 1 fully saturated rings. The zero-order chi connectivity index (χ0) is 18.4. The van der Waals surface area contributed by atoms with Gasteiger partial charge in [-0.3, -0.25) is 15.2 Å². The Morgan fingerprint density at radius 2 is 2.19 bits per heavy atom. The van der Waals surface area contributed by atoms with Crippen molar-refractivity contribution in [1.29, 1.82) is 0 Å². The molecule has 2 aromatic rings. The van der Waals surface area contributed by atoms with Crippen LogP contribution in [-0.4, -0.2) is 53.7 Å². The van der Waals surface area contributed by atoms with Crippen molar-refractivity contribution in [2.24, 2.45) is 11.7 Å². The molecule has 1 aliphatic rings. The number of likely N-dealkylation sites (tertiary alicyclic amines) is 1. The molecule has 8 heteroatoms. The first-order chi connectivity index (χ1) is 12.6. The molecule has 26 heavy (non-hydrogen) atoms. The summed E-state index contributed by atoms with van der Waals surface area (Å²) in [7, 11) is 0. The van der Waals surface area contributed by atoms with Crippen molar-refractivity contribution in [3.8, 4) is 5.75 Å². The van der Waals surface area contributed by atoms with Gasteiger partial charge in [0.15, 0.2) is 5.82 Å². The van der Waals surface area contributed by atoms with Crippen LogP contribution in [0.5, 0.6) is 5.75 Å². The summed E-state index contributed by atoms with van der Waals surface area (Å²) in [5, 5.41) is 5.45. The summed E-state index contributed by atoms with van der Waals surface area (Å²) in [6.07, 6.45) is 4.54. The minimum absolute atomic E-state index is 0.382. The summed E-state index contributed by atoms with van der Waals surface area (Å²) in [6, 6.07) is 5.30. The molecule has 8 nitrogen and oxygen atoms in total. The fourth-order valence-electron chi connectivity index (χ4n) is 2.79. The van der Waals surface area contributed by atoms with E-state index >= 15 is 0 Å². The molecular weight excluding hydrogens is 332 g/mol. The van der Waals surface area contributed by atoms with Crippen LogP contribution in [0.1, 0.15) is 5.56 Å². The second-order valence-electron chi connectivity index (χ2n) is 6.38. The van der Waals surface area contributed by atoms with Crippen LogP contribution < -0.4 is 21.1 Å². The number of amides is 2. The Hall–Kier alpha value is -2.71. The number of hydrogen-bond donors (Lipinski definition) is 3. The van der Waals surface area contributed by atoms with Gasteiger partial charge in [-0.1, -0.05) is 6.07 Å². The molecule has 1 aromatic heterocycles. The first-order valence-corrected chi connectivity index (χ1v) is 8.64. The van der Waals surface area contributed by atoms with E-state index < -0.39 is 6.03 Å². The lowest BCUT2D eigenvalue weighted by Gasteiger charge is -2.38. The van der Waals surface area contributed by atoms with Crippen LogP contribution in [0.25, 0.3) is 0 Å². The molecule has 0 saturated carbocycles. The Bertz CT molecular complexity index is 734. The highest BCUT2D eigenvalue weighted by Crippen LogP contribution is 2.26. The number of hydrogen-bond acceptors (Lipinski definition) is 6. The summed E-state index contributed by atoms with van der Waals surface area (Å²) in [5.74, 6) is 1.63. The Morgan fingerprint density at radius 3 is 2.92 bits per heavy atom. The maximum Gasteiger partial charge on any atom is 0.324 e. The monoisotopic (exact) mass is 356 g/mol. The van der Waals surface area contributed by atoms with Crippen molar-refractivity contribution in [2.45, 2.75) is 6.92 Å². The lowest BCUT2D eigenvalue weighted by molar-refractivity contribution is 0.0876. The molecule has 138 valence electrons. The van der Waals surface area contributed by atoms with Crippen LogP contribution in [0.4, 0.5) is 16.3 Å². The van der Waals surface area contributed by atoms with Gasteiger partial charge in [-0.05, 0) is 37.1 Å². The van der Waals surface area contributed by atoms with Crippen molar-refractivity contribution < 1.29 is 9.53 Å². The number of urea groups is 1. The molecule has 1 saturated heterocycles. The van der Waals surface area contributed by atoms with Gasteiger partial charge in [0.25, 0.3) is 0 Å². The Morgan fingerprint density at radius 1 is 1.35 bits per heavy atom. The van der Waals surface area contributed by atoms with E-state index in [4.69, 9.17) is 10.5 Å². The summed E-state index contributed by atoms with van der Waals surface area (Å²) < 4.78 is 5.88. The third-order valence-electron chi connectivity index (χ3n) is 4.22. The molecule has 4 N–H and O–H groups in total. The van der Waals surface area contributed by atoms with Crippen molar-refractivity contribution >= 4 is 17.5 Å². The fraction of sp³-hybridized carbons (Fsp3) is 0.389. The van der Waals surface area contributed by atoms with Crippen molar-refractivity contribution in [3.05, 3.63) is 42.4 Å². The number of benzene rings is 1. The predicted molar refractivity (Wildman–Crippen MR) is 100 cm³/mol. The summed E-state index contributed by atoms with van der Waals surface area (Å²) in [4.78, 5) is 22.4. The number of anilines is 2. The molecule has 0 aliphatic carbocycles. The lowest BCUT2D eigenvalue weighted by Crippen LogP contribution is -2.50. The zero-order valence-corrected chi connectivity index (χ0v) is 14.8. The molecule has 0 bridgehead atoms. The second kappa shape index (κ2) is 8.59. The standard InChI is InChI=1S/C18H24N6O2/c1-13-2-3-16(26-7-6-24-11-14(9-19)12-24)15(8-13)22-18(25)23-17-10-20-4-5-21-17/h2-5,8,10,14H,6-7,9,11-12,19H2,1H3,(H2,21,22,23,25). The van der Waals surface area contributed by atoms with Crippen LogP contribution in [0.2, 0.25) is 0 Å². The van der Waals surface area contributed by atoms with Gasteiger partial charge in [0.1, 0.15) is 12.4 Å². The second-order valence-corrected chi connectivity index (χ2v) is 6.38. The predicted octanol–water partition coefficient (Wildman–Crippen LogP) is 1.70. The molecular formula is C18H24N6O2. The third kappa shape index (κ3) is 4.90. The van der Waals surface area contributed by atoms with Gasteiger partial charge >= 0.3 is 6.03 Å². The van der Waals surface area contributed by atoms with Crippen molar-refractivity contribution in [3.63, 3.8) is 0 Å². The molecule has 2 amide bonds. The highest BCUT2D eigenvalue weighted by Gasteiger charge is 2.24. The average molecular weight is 356 g/mol. The third-order valence-corrected chi connectivity index (χ3v) is 4.22. The molecule has 0 spiro atoms. The van der Waals surface area contributed by atoms with Crippen molar-refractivity contribution in [2.75, 3.05) is 43.4 Å². The van der Waals surface area contributed by atoms with Gasteiger partial charge < -0.3 is 15.8 Å². The first kappa shape index (κ1) is 18.1. The van der Waals surface area contributed by atoms with Gasteiger partial charge in [-0.25, -0.2) is 9.78 Å². The van der Waals surface area contributed by atoms with Gasteiger partial charge in [0, 0.05) is 32.0 Å². The van der Waals surface area contributed by atoms with Gasteiger partial charge in [-0.15, -0.1) is 0 Å². The van der Waals surface area contributed by atoms with E-state index in [1.165, 1.54) is 12.4 Å². The lowest BCUT2D eigenvalue weighted by atomic mass is 10.0. The van der Waals surface area contributed by atoms with Crippen LogP contribution in [-0.2, 0) is 0 Å². The van der Waals surface area contributed by atoms with E-state index in [1.807, 2.05) is 25.1 Å². The van der Waals surface area contributed by atoms with Gasteiger partial charge in [-0.2, -0.15) is 0 Å². The number of aromatic nitrogens is 2. The number of nitrogens with one attached hydrogen (secondary N) is 2. The molecule has 2 heterocycles. The number of ether oxygens (including phenoxy) is 1. The number of carbonyl (C=O) groups excluding carboxylic acids is 1. The maximum atomic E-state index is 12.2. The quantitative estimate of drug-likeness (QED) is 0.697. The zero-order valence-electron chi connectivity index (χ0n) is 14.8. The summed E-state index contributed by atoms with van der Waals surface area (Å²) in [6.45, 7) is 6.15. The highest BCUT2D eigenvalue weighted by molar-refractivity contribution is 6.00. The van der Waals surface area contributed by atoms with Crippen LogP contribution in [0, 0.1) is 12.8 Å². The van der Waals surface area contributed by atoms with E-state index in [2.05, 4.69) is 25.5 Å². The number of nitrogens with zero attached hydrogens (tertiary/aromatic N) is 3. The Balaban J connectivity index is 1.54.